The second-order valence-electron chi connectivity index (χ2n) is 6.66. The van der Waals surface area contributed by atoms with E-state index < -0.39 is 0 Å². The van der Waals surface area contributed by atoms with Gasteiger partial charge >= 0.3 is 0 Å². The first-order chi connectivity index (χ1) is 10.7. The maximum atomic E-state index is 12.8. The van der Waals surface area contributed by atoms with Crippen molar-refractivity contribution in [1.29, 1.82) is 0 Å². The molecule has 0 aliphatic carbocycles. The van der Waals surface area contributed by atoms with Crippen LogP contribution in [0.5, 0.6) is 0 Å². The standard InChI is InChI=1S/C17H31N3O2/c1-3-5-16(21)20-11-4-6-15(20)17(22)19-12-8-14(9-13-19)7-10-18-2/h14-15,18H,3-13H2,1-2H3. The Labute approximate surface area is 134 Å². The molecule has 2 saturated heterocycles. The van der Waals surface area contributed by atoms with Crippen molar-refractivity contribution in [2.24, 2.45) is 5.92 Å². The lowest BCUT2D eigenvalue weighted by Crippen LogP contribution is -2.50. The Morgan fingerprint density at radius 3 is 2.50 bits per heavy atom. The summed E-state index contributed by atoms with van der Waals surface area (Å²) in [7, 11) is 1.99. The van der Waals surface area contributed by atoms with Crippen LogP contribution in [0.2, 0.25) is 0 Å². The highest BCUT2D eigenvalue weighted by Gasteiger charge is 2.36. The van der Waals surface area contributed by atoms with Crippen molar-refractivity contribution in [2.75, 3.05) is 33.2 Å². The van der Waals surface area contributed by atoms with Crippen molar-refractivity contribution < 1.29 is 9.59 Å². The third-order valence-corrected chi connectivity index (χ3v) is 5.05. The van der Waals surface area contributed by atoms with Gasteiger partial charge in [0.05, 0.1) is 0 Å². The zero-order valence-electron chi connectivity index (χ0n) is 14.1. The first kappa shape index (κ1) is 17.3. The lowest BCUT2D eigenvalue weighted by molar-refractivity contribution is -0.144. The van der Waals surface area contributed by atoms with Crippen molar-refractivity contribution in [1.82, 2.24) is 15.1 Å². The number of likely N-dealkylation sites (tertiary alicyclic amines) is 2. The van der Waals surface area contributed by atoms with E-state index in [0.29, 0.717) is 6.42 Å². The molecule has 0 bridgehead atoms. The van der Waals surface area contributed by atoms with E-state index >= 15 is 0 Å². The summed E-state index contributed by atoms with van der Waals surface area (Å²) < 4.78 is 0. The SMILES string of the molecule is CCCC(=O)N1CCCC1C(=O)N1CCC(CCNC)CC1. The number of piperidine rings is 1. The zero-order valence-corrected chi connectivity index (χ0v) is 14.1. The van der Waals surface area contributed by atoms with Gasteiger partial charge in [0, 0.05) is 26.1 Å². The van der Waals surface area contributed by atoms with Crippen molar-refractivity contribution in [3.8, 4) is 0 Å². The summed E-state index contributed by atoms with van der Waals surface area (Å²) in [5.41, 5.74) is 0. The highest BCUT2D eigenvalue weighted by atomic mass is 16.2. The maximum absolute atomic E-state index is 12.8. The minimum absolute atomic E-state index is 0.155. The third-order valence-electron chi connectivity index (χ3n) is 5.05. The molecule has 1 unspecified atom stereocenters. The van der Waals surface area contributed by atoms with E-state index in [-0.39, 0.29) is 17.9 Å². The van der Waals surface area contributed by atoms with E-state index in [4.69, 9.17) is 0 Å². The fraction of sp³-hybridized carbons (Fsp3) is 0.882. The van der Waals surface area contributed by atoms with Gasteiger partial charge in [0.25, 0.3) is 0 Å². The Bertz CT molecular complexity index is 378. The minimum atomic E-state index is -0.187. The Morgan fingerprint density at radius 2 is 1.86 bits per heavy atom. The summed E-state index contributed by atoms with van der Waals surface area (Å²) in [6.07, 6.45) is 6.62. The van der Waals surface area contributed by atoms with Crippen LogP contribution in [0.4, 0.5) is 0 Å². The van der Waals surface area contributed by atoms with E-state index in [0.717, 1.165) is 64.2 Å². The van der Waals surface area contributed by atoms with Crippen LogP contribution in [0, 0.1) is 5.92 Å². The molecule has 1 N–H and O–H groups in total. The van der Waals surface area contributed by atoms with Gasteiger partial charge < -0.3 is 15.1 Å². The molecule has 1 atom stereocenters. The summed E-state index contributed by atoms with van der Waals surface area (Å²) in [5.74, 6) is 1.08. The van der Waals surface area contributed by atoms with Gasteiger partial charge in [0.15, 0.2) is 0 Å². The number of hydrogen-bond acceptors (Lipinski definition) is 3. The normalized spacial score (nSPS) is 23.1. The summed E-state index contributed by atoms with van der Waals surface area (Å²) in [6, 6.07) is -0.187. The number of carbonyl (C=O) groups excluding carboxylic acids is 2. The molecule has 2 amide bonds. The van der Waals surface area contributed by atoms with Gasteiger partial charge in [0.2, 0.25) is 11.8 Å². The van der Waals surface area contributed by atoms with E-state index in [9.17, 15) is 9.59 Å². The first-order valence-electron chi connectivity index (χ1n) is 8.90. The van der Waals surface area contributed by atoms with Crippen LogP contribution in [-0.2, 0) is 9.59 Å². The third kappa shape index (κ3) is 4.22. The number of amides is 2. The maximum Gasteiger partial charge on any atom is 0.245 e. The molecule has 5 nitrogen and oxygen atoms in total. The highest BCUT2D eigenvalue weighted by Crippen LogP contribution is 2.25. The van der Waals surface area contributed by atoms with Gasteiger partial charge in [0.1, 0.15) is 6.04 Å². The average molecular weight is 309 g/mol. The molecule has 0 aromatic heterocycles. The molecule has 2 aliphatic heterocycles. The van der Waals surface area contributed by atoms with Crippen LogP contribution in [-0.4, -0.2) is 60.9 Å². The second kappa shape index (κ2) is 8.51. The lowest BCUT2D eigenvalue weighted by Gasteiger charge is -2.35. The quantitative estimate of drug-likeness (QED) is 0.811. The van der Waals surface area contributed by atoms with Gasteiger partial charge in [-0.15, -0.1) is 0 Å². The largest absolute Gasteiger partial charge is 0.341 e. The first-order valence-corrected chi connectivity index (χ1v) is 8.90. The number of hydrogen-bond donors (Lipinski definition) is 1. The minimum Gasteiger partial charge on any atom is -0.341 e. The Balaban J connectivity index is 1.85. The molecule has 5 heteroatoms. The van der Waals surface area contributed by atoms with E-state index in [2.05, 4.69) is 5.32 Å². The van der Waals surface area contributed by atoms with Crippen molar-refractivity contribution in [3.05, 3.63) is 0 Å². The van der Waals surface area contributed by atoms with Crippen molar-refractivity contribution in [3.63, 3.8) is 0 Å². The van der Waals surface area contributed by atoms with Gasteiger partial charge in [-0.25, -0.2) is 0 Å². The van der Waals surface area contributed by atoms with Crippen molar-refractivity contribution in [2.45, 2.75) is 57.9 Å². The van der Waals surface area contributed by atoms with E-state index in [1.54, 1.807) is 0 Å². The van der Waals surface area contributed by atoms with Crippen LogP contribution < -0.4 is 5.32 Å². The molecule has 2 heterocycles. The van der Waals surface area contributed by atoms with Gasteiger partial charge in [-0.2, -0.15) is 0 Å². The molecule has 0 spiro atoms. The molecule has 2 rings (SSSR count). The monoisotopic (exact) mass is 309 g/mol. The summed E-state index contributed by atoms with van der Waals surface area (Å²) in [5, 5.41) is 3.20. The molecular formula is C17H31N3O2. The van der Waals surface area contributed by atoms with E-state index in [1.807, 2.05) is 23.8 Å². The number of nitrogens with zero attached hydrogens (tertiary/aromatic N) is 2. The Morgan fingerprint density at radius 1 is 1.14 bits per heavy atom. The molecule has 0 aromatic rings. The zero-order chi connectivity index (χ0) is 15.9. The van der Waals surface area contributed by atoms with Gasteiger partial charge in [-0.05, 0) is 58.0 Å². The van der Waals surface area contributed by atoms with E-state index in [1.165, 1.54) is 6.42 Å². The van der Waals surface area contributed by atoms with Gasteiger partial charge in [-0.1, -0.05) is 6.92 Å². The van der Waals surface area contributed by atoms with Gasteiger partial charge in [-0.3, -0.25) is 9.59 Å². The predicted molar refractivity (Wildman–Crippen MR) is 87.5 cm³/mol. The number of carbonyl (C=O) groups is 2. The van der Waals surface area contributed by atoms with Crippen molar-refractivity contribution >= 4 is 11.8 Å². The van der Waals surface area contributed by atoms with Crippen LogP contribution in [0.25, 0.3) is 0 Å². The van der Waals surface area contributed by atoms with Crippen LogP contribution in [0.15, 0.2) is 0 Å². The molecule has 2 fully saturated rings. The molecule has 126 valence electrons. The topological polar surface area (TPSA) is 52.7 Å². The second-order valence-corrected chi connectivity index (χ2v) is 6.66. The summed E-state index contributed by atoms with van der Waals surface area (Å²) in [6.45, 7) is 5.55. The predicted octanol–water partition coefficient (Wildman–Crippen LogP) is 1.63. The number of nitrogens with one attached hydrogen (secondary N) is 1. The average Bonchev–Trinajstić information content (AvgIpc) is 3.02. The lowest BCUT2D eigenvalue weighted by atomic mass is 9.93. The van der Waals surface area contributed by atoms with Crippen LogP contribution in [0.1, 0.15) is 51.9 Å². The summed E-state index contributed by atoms with van der Waals surface area (Å²) >= 11 is 0. The smallest absolute Gasteiger partial charge is 0.245 e. The Hall–Kier alpha value is -1.10. The molecule has 0 saturated carbocycles. The molecule has 2 aliphatic rings. The number of rotatable bonds is 6. The Kier molecular flexibility index (Phi) is 6.68. The molecule has 0 radical (unpaired) electrons. The fourth-order valence-corrected chi connectivity index (χ4v) is 3.68. The van der Waals surface area contributed by atoms with Crippen LogP contribution in [0.3, 0.4) is 0 Å². The molecule has 0 aromatic carbocycles. The molecule has 22 heavy (non-hydrogen) atoms. The molecular weight excluding hydrogens is 278 g/mol. The van der Waals surface area contributed by atoms with Crippen LogP contribution >= 0.6 is 0 Å². The summed E-state index contributed by atoms with van der Waals surface area (Å²) in [4.78, 5) is 28.8. The fourth-order valence-electron chi connectivity index (χ4n) is 3.68. The highest BCUT2D eigenvalue weighted by molar-refractivity contribution is 5.88.